The van der Waals surface area contributed by atoms with Crippen molar-refractivity contribution in [2.24, 2.45) is 5.92 Å². The third kappa shape index (κ3) is 5.09. The fourth-order valence-corrected chi connectivity index (χ4v) is 3.58. The van der Waals surface area contributed by atoms with Crippen LogP contribution in [-0.2, 0) is 13.1 Å². The predicted octanol–water partition coefficient (Wildman–Crippen LogP) is 2.65. The zero-order valence-corrected chi connectivity index (χ0v) is 15.2. The van der Waals surface area contributed by atoms with E-state index in [1.54, 1.807) is 24.8 Å². The summed E-state index contributed by atoms with van der Waals surface area (Å²) < 4.78 is 15.1. The molecule has 5 nitrogen and oxygen atoms in total. The lowest BCUT2D eigenvalue weighted by Crippen LogP contribution is -2.44. The van der Waals surface area contributed by atoms with E-state index in [-0.39, 0.29) is 5.82 Å². The molecular weight excluding hydrogens is 317 g/mol. The van der Waals surface area contributed by atoms with Gasteiger partial charge in [-0.25, -0.2) is 9.37 Å². The largest absolute Gasteiger partial charge is 0.300 e. The third-order valence-electron chi connectivity index (χ3n) is 5.01. The molecular formula is C19H28FN5. The van der Waals surface area contributed by atoms with Gasteiger partial charge in [0, 0.05) is 32.2 Å². The summed E-state index contributed by atoms with van der Waals surface area (Å²) in [7, 11) is 0. The van der Waals surface area contributed by atoms with Crippen molar-refractivity contribution >= 4 is 0 Å². The second kappa shape index (κ2) is 8.54. The second-order valence-electron chi connectivity index (χ2n) is 7.22. The molecule has 0 unspecified atom stereocenters. The SMILES string of the molecule is CC(C)[C@@H]1CN(CCn2cncn2)CCCN1Cc1ccc(F)cc1. The van der Waals surface area contributed by atoms with Crippen LogP contribution in [0.25, 0.3) is 0 Å². The number of nitrogens with zero attached hydrogens (tertiary/aromatic N) is 5. The van der Waals surface area contributed by atoms with E-state index >= 15 is 0 Å². The van der Waals surface area contributed by atoms with Crippen LogP contribution in [0.1, 0.15) is 25.8 Å². The smallest absolute Gasteiger partial charge is 0.137 e. The number of aromatic nitrogens is 3. The number of rotatable bonds is 6. The molecule has 25 heavy (non-hydrogen) atoms. The van der Waals surface area contributed by atoms with Gasteiger partial charge in [-0.05, 0) is 36.6 Å². The molecule has 6 heteroatoms. The van der Waals surface area contributed by atoms with Gasteiger partial charge in [0.05, 0.1) is 6.54 Å². The van der Waals surface area contributed by atoms with E-state index in [0.29, 0.717) is 12.0 Å². The molecule has 1 aromatic carbocycles. The van der Waals surface area contributed by atoms with E-state index in [4.69, 9.17) is 0 Å². The minimum absolute atomic E-state index is 0.167. The van der Waals surface area contributed by atoms with Crippen LogP contribution in [-0.4, -0.2) is 56.8 Å². The first-order chi connectivity index (χ1) is 12.1. The summed E-state index contributed by atoms with van der Waals surface area (Å²) in [4.78, 5) is 9.11. The van der Waals surface area contributed by atoms with Gasteiger partial charge in [-0.2, -0.15) is 5.10 Å². The molecule has 1 atom stereocenters. The van der Waals surface area contributed by atoms with Crippen molar-refractivity contribution in [1.29, 1.82) is 0 Å². The molecule has 0 saturated carbocycles. The Labute approximate surface area is 149 Å². The summed E-state index contributed by atoms with van der Waals surface area (Å²) in [6.45, 7) is 10.6. The molecule has 0 bridgehead atoms. The first-order valence-corrected chi connectivity index (χ1v) is 9.15. The van der Waals surface area contributed by atoms with Crippen molar-refractivity contribution in [3.8, 4) is 0 Å². The van der Waals surface area contributed by atoms with Crippen molar-refractivity contribution in [2.45, 2.75) is 39.4 Å². The van der Waals surface area contributed by atoms with Crippen LogP contribution in [0.15, 0.2) is 36.9 Å². The Hall–Kier alpha value is -1.79. The number of hydrogen-bond donors (Lipinski definition) is 0. The minimum Gasteiger partial charge on any atom is -0.300 e. The van der Waals surface area contributed by atoms with Crippen LogP contribution >= 0.6 is 0 Å². The highest BCUT2D eigenvalue weighted by Gasteiger charge is 2.27. The molecule has 0 spiro atoms. The van der Waals surface area contributed by atoms with Crippen molar-refractivity contribution < 1.29 is 4.39 Å². The van der Waals surface area contributed by atoms with Crippen molar-refractivity contribution in [3.63, 3.8) is 0 Å². The van der Waals surface area contributed by atoms with E-state index in [9.17, 15) is 4.39 Å². The second-order valence-corrected chi connectivity index (χ2v) is 7.22. The van der Waals surface area contributed by atoms with Crippen LogP contribution in [0.2, 0.25) is 0 Å². The Kier molecular flexibility index (Phi) is 6.15. The van der Waals surface area contributed by atoms with E-state index in [1.807, 2.05) is 16.8 Å². The Bertz CT molecular complexity index is 626. The molecule has 1 saturated heterocycles. The number of benzene rings is 1. The van der Waals surface area contributed by atoms with E-state index in [0.717, 1.165) is 45.7 Å². The van der Waals surface area contributed by atoms with Crippen LogP contribution in [0.3, 0.4) is 0 Å². The minimum atomic E-state index is -0.167. The normalized spacial score (nSPS) is 20.1. The van der Waals surface area contributed by atoms with Gasteiger partial charge in [0.1, 0.15) is 18.5 Å². The first kappa shape index (κ1) is 18.0. The molecule has 2 heterocycles. The lowest BCUT2D eigenvalue weighted by molar-refractivity contribution is 0.130. The lowest BCUT2D eigenvalue weighted by Gasteiger charge is -2.34. The molecule has 0 radical (unpaired) electrons. The summed E-state index contributed by atoms with van der Waals surface area (Å²) in [5.41, 5.74) is 1.18. The fourth-order valence-electron chi connectivity index (χ4n) is 3.58. The topological polar surface area (TPSA) is 37.2 Å². The van der Waals surface area contributed by atoms with Gasteiger partial charge in [0.25, 0.3) is 0 Å². The monoisotopic (exact) mass is 345 g/mol. The van der Waals surface area contributed by atoms with Gasteiger partial charge in [-0.15, -0.1) is 0 Å². The Balaban J connectivity index is 1.62. The average molecular weight is 345 g/mol. The molecule has 0 N–H and O–H groups in total. The number of halogens is 1. The maximum Gasteiger partial charge on any atom is 0.137 e. The Morgan fingerprint density at radius 1 is 1.16 bits per heavy atom. The summed E-state index contributed by atoms with van der Waals surface area (Å²) in [6.07, 6.45) is 4.52. The molecule has 1 aromatic heterocycles. The van der Waals surface area contributed by atoms with Gasteiger partial charge in [0.15, 0.2) is 0 Å². The molecule has 1 aliphatic rings. The van der Waals surface area contributed by atoms with Gasteiger partial charge in [0.2, 0.25) is 0 Å². The molecule has 0 aliphatic carbocycles. The highest BCUT2D eigenvalue weighted by atomic mass is 19.1. The van der Waals surface area contributed by atoms with Gasteiger partial charge in [-0.1, -0.05) is 26.0 Å². The highest BCUT2D eigenvalue weighted by molar-refractivity contribution is 5.16. The quantitative estimate of drug-likeness (QED) is 0.807. The Morgan fingerprint density at radius 3 is 2.64 bits per heavy atom. The van der Waals surface area contributed by atoms with Crippen molar-refractivity contribution in [1.82, 2.24) is 24.6 Å². The Morgan fingerprint density at radius 2 is 1.96 bits per heavy atom. The van der Waals surface area contributed by atoms with Crippen molar-refractivity contribution in [2.75, 3.05) is 26.2 Å². The maximum atomic E-state index is 13.2. The first-order valence-electron chi connectivity index (χ1n) is 9.15. The van der Waals surface area contributed by atoms with E-state index in [2.05, 4.69) is 33.7 Å². The zero-order chi connectivity index (χ0) is 17.6. The van der Waals surface area contributed by atoms with Gasteiger partial charge >= 0.3 is 0 Å². The number of hydrogen-bond acceptors (Lipinski definition) is 4. The lowest BCUT2D eigenvalue weighted by atomic mass is 10.0. The van der Waals surface area contributed by atoms with Crippen LogP contribution in [0.4, 0.5) is 4.39 Å². The maximum absolute atomic E-state index is 13.2. The molecule has 1 aliphatic heterocycles. The molecule has 1 fully saturated rings. The zero-order valence-electron chi connectivity index (χ0n) is 15.2. The molecule has 2 aromatic rings. The van der Waals surface area contributed by atoms with E-state index < -0.39 is 0 Å². The summed E-state index contributed by atoms with van der Waals surface area (Å²) in [5, 5.41) is 4.19. The van der Waals surface area contributed by atoms with Crippen LogP contribution in [0.5, 0.6) is 0 Å². The summed E-state index contributed by atoms with van der Waals surface area (Å²) >= 11 is 0. The highest BCUT2D eigenvalue weighted by Crippen LogP contribution is 2.20. The fraction of sp³-hybridized carbons (Fsp3) is 0.579. The van der Waals surface area contributed by atoms with Crippen molar-refractivity contribution in [3.05, 3.63) is 48.3 Å². The molecule has 0 amide bonds. The summed E-state index contributed by atoms with van der Waals surface area (Å²) in [5.74, 6) is 0.409. The average Bonchev–Trinajstić information content (AvgIpc) is 3.03. The molecule has 3 rings (SSSR count). The van der Waals surface area contributed by atoms with E-state index in [1.165, 1.54) is 5.56 Å². The predicted molar refractivity (Wildman–Crippen MR) is 96.5 cm³/mol. The third-order valence-corrected chi connectivity index (χ3v) is 5.01. The van der Waals surface area contributed by atoms with Crippen LogP contribution in [0, 0.1) is 11.7 Å². The van der Waals surface area contributed by atoms with Gasteiger partial charge < -0.3 is 0 Å². The van der Waals surface area contributed by atoms with Crippen LogP contribution < -0.4 is 0 Å². The molecule has 136 valence electrons. The van der Waals surface area contributed by atoms with Gasteiger partial charge in [-0.3, -0.25) is 14.5 Å². The standard InChI is InChI=1S/C19H28FN5/c1-16(2)19-13-23(10-11-25-15-21-14-22-25)8-3-9-24(19)12-17-4-6-18(20)7-5-17/h4-7,14-16,19H,3,8-13H2,1-2H3/t19-/m0/s1. The summed E-state index contributed by atoms with van der Waals surface area (Å²) in [6, 6.07) is 7.42.